The van der Waals surface area contributed by atoms with Crippen LogP contribution in [0.5, 0.6) is 0 Å². The Morgan fingerprint density at radius 1 is 0.938 bits per heavy atom. The summed E-state index contributed by atoms with van der Waals surface area (Å²) >= 11 is 0. The van der Waals surface area contributed by atoms with E-state index in [0.29, 0.717) is 12.6 Å². The molecule has 1 heterocycles. The van der Waals surface area contributed by atoms with Gasteiger partial charge in [0, 0.05) is 29.4 Å². The number of fused-ring (bicyclic) bond motifs is 1. The van der Waals surface area contributed by atoms with Crippen molar-refractivity contribution in [2.45, 2.75) is 37.8 Å². The van der Waals surface area contributed by atoms with Gasteiger partial charge >= 0.3 is 0 Å². The van der Waals surface area contributed by atoms with E-state index < -0.39 is 0 Å². The van der Waals surface area contributed by atoms with Gasteiger partial charge < -0.3 is 15.6 Å². The Morgan fingerprint density at radius 3 is 2.31 bits per heavy atom. The molecule has 1 fully saturated rings. The molecule has 1 amide bonds. The lowest BCUT2D eigenvalue weighted by atomic mass is 9.87. The van der Waals surface area contributed by atoms with Crippen LogP contribution in [-0.4, -0.2) is 29.5 Å². The molecule has 0 unspecified atom stereocenters. The maximum Gasteiger partial charge on any atom is 0.237 e. The molecule has 4 heteroatoms. The average Bonchev–Trinajstić information content (AvgIpc) is 3.58. The molecule has 0 spiro atoms. The number of para-hydroxylation sites is 1. The predicted molar refractivity (Wildman–Crippen MR) is 131 cm³/mol. The van der Waals surface area contributed by atoms with Gasteiger partial charge in [0.05, 0.1) is 11.7 Å². The second kappa shape index (κ2) is 9.01. The van der Waals surface area contributed by atoms with Crippen LogP contribution in [0.3, 0.4) is 0 Å². The standard InChI is InChI=1S/C28H29N3O/c1-19(28(32)30-22-16-17-22)29-18-24(20-10-4-2-5-11-20)26-23-14-8-9-15-25(23)31-27(26)21-12-6-3-7-13-21/h2-15,19,22,24,29,31H,16-18H2,1H3,(H,30,32)/t19-,24-/m1/s1. The van der Waals surface area contributed by atoms with Gasteiger partial charge in [0.2, 0.25) is 5.91 Å². The molecule has 1 saturated carbocycles. The maximum absolute atomic E-state index is 12.6. The fourth-order valence-electron chi connectivity index (χ4n) is 4.37. The smallest absolute Gasteiger partial charge is 0.237 e. The Bertz CT molecular complexity index is 1200. The van der Waals surface area contributed by atoms with E-state index in [1.807, 2.05) is 19.1 Å². The number of aromatic amines is 1. The van der Waals surface area contributed by atoms with Crippen molar-refractivity contribution >= 4 is 16.8 Å². The van der Waals surface area contributed by atoms with Crippen LogP contribution in [0.15, 0.2) is 84.9 Å². The first-order chi connectivity index (χ1) is 15.7. The van der Waals surface area contributed by atoms with Gasteiger partial charge in [-0.25, -0.2) is 0 Å². The minimum absolute atomic E-state index is 0.0847. The Hall–Kier alpha value is -3.37. The van der Waals surface area contributed by atoms with Crippen molar-refractivity contribution in [3.8, 4) is 11.3 Å². The highest BCUT2D eigenvalue weighted by Gasteiger charge is 2.27. The minimum Gasteiger partial charge on any atom is -0.354 e. The molecule has 0 saturated heterocycles. The summed E-state index contributed by atoms with van der Waals surface area (Å²) in [7, 11) is 0. The Morgan fingerprint density at radius 2 is 1.59 bits per heavy atom. The first kappa shape index (κ1) is 20.5. The van der Waals surface area contributed by atoms with Crippen LogP contribution in [0.4, 0.5) is 0 Å². The molecule has 5 rings (SSSR count). The number of hydrogen-bond acceptors (Lipinski definition) is 2. The van der Waals surface area contributed by atoms with Crippen molar-refractivity contribution in [1.82, 2.24) is 15.6 Å². The molecule has 162 valence electrons. The molecule has 1 aromatic heterocycles. The minimum atomic E-state index is -0.243. The highest BCUT2D eigenvalue weighted by atomic mass is 16.2. The van der Waals surface area contributed by atoms with Crippen LogP contribution in [0, 0.1) is 0 Å². The summed E-state index contributed by atoms with van der Waals surface area (Å²) in [5.41, 5.74) is 5.93. The van der Waals surface area contributed by atoms with Gasteiger partial charge in [0.15, 0.2) is 0 Å². The molecule has 4 nitrogen and oxygen atoms in total. The van der Waals surface area contributed by atoms with Crippen LogP contribution in [-0.2, 0) is 4.79 Å². The number of rotatable bonds is 8. The number of H-pyrrole nitrogens is 1. The van der Waals surface area contributed by atoms with E-state index in [1.165, 1.54) is 22.1 Å². The number of hydrogen-bond donors (Lipinski definition) is 3. The summed E-state index contributed by atoms with van der Waals surface area (Å²) in [6.07, 6.45) is 2.20. The second-order valence-corrected chi connectivity index (χ2v) is 8.70. The molecule has 0 aliphatic heterocycles. The lowest BCUT2D eigenvalue weighted by Crippen LogP contribution is -2.44. The van der Waals surface area contributed by atoms with Crippen molar-refractivity contribution in [3.05, 3.63) is 96.1 Å². The number of carbonyl (C=O) groups excluding carboxylic acids is 1. The largest absolute Gasteiger partial charge is 0.354 e. The van der Waals surface area contributed by atoms with Gasteiger partial charge in [-0.3, -0.25) is 4.79 Å². The molecule has 1 aliphatic rings. The summed E-state index contributed by atoms with van der Waals surface area (Å²) < 4.78 is 0. The highest BCUT2D eigenvalue weighted by molar-refractivity contribution is 5.92. The van der Waals surface area contributed by atoms with Crippen molar-refractivity contribution in [2.24, 2.45) is 0 Å². The molecule has 4 aromatic rings. The Kier molecular flexibility index (Phi) is 5.78. The molecule has 3 aromatic carbocycles. The Labute approximate surface area is 189 Å². The molecule has 32 heavy (non-hydrogen) atoms. The number of nitrogens with one attached hydrogen (secondary N) is 3. The van der Waals surface area contributed by atoms with E-state index in [9.17, 15) is 4.79 Å². The third-order valence-corrected chi connectivity index (χ3v) is 6.30. The summed E-state index contributed by atoms with van der Waals surface area (Å²) in [5, 5.41) is 7.85. The lowest BCUT2D eigenvalue weighted by molar-refractivity contribution is -0.122. The van der Waals surface area contributed by atoms with Crippen LogP contribution in [0.1, 0.15) is 36.8 Å². The van der Waals surface area contributed by atoms with Crippen molar-refractivity contribution in [1.29, 1.82) is 0 Å². The fraction of sp³-hybridized carbons (Fsp3) is 0.250. The molecular formula is C28H29N3O. The highest BCUT2D eigenvalue weighted by Crippen LogP contribution is 2.38. The molecule has 1 aliphatic carbocycles. The quantitative estimate of drug-likeness (QED) is 0.364. The van der Waals surface area contributed by atoms with Crippen molar-refractivity contribution in [2.75, 3.05) is 6.54 Å². The zero-order chi connectivity index (χ0) is 21.9. The van der Waals surface area contributed by atoms with Gasteiger partial charge in [0.25, 0.3) is 0 Å². The van der Waals surface area contributed by atoms with Gasteiger partial charge in [-0.05, 0) is 42.5 Å². The van der Waals surface area contributed by atoms with Crippen molar-refractivity contribution in [3.63, 3.8) is 0 Å². The molecule has 2 atom stereocenters. The molecule has 0 bridgehead atoms. The lowest BCUT2D eigenvalue weighted by Gasteiger charge is -2.23. The van der Waals surface area contributed by atoms with Gasteiger partial charge in [-0.2, -0.15) is 0 Å². The molecular weight excluding hydrogens is 394 g/mol. The summed E-state index contributed by atoms with van der Waals surface area (Å²) in [5.74, 6) is 0.181. The van der Waals surface area contributed by atoms with E-state index in [0.717, 1.165) is 24.1 Å². The van der Waals surface area contributed by atoms with Crippen LogP contribution < -0.4 is 10.6 Å². The normalized spacial score (nSPS) is 15.4. The van der Waals surface area contributed by atoms with Crippen LogP contribution in [0.25, 0.3) is 22.2 Å². The van der Waals surface area contributed by atoms with Gasteiger partial charge in [-0.1, -0.05) is 78.9 Å². The zero-order valence-electron chi connectivity index (χ0n) is 18.3. The van der Waals surface area contributed by atoms with E-state index in [4.69, 9.17) is 0 Å². The first-order valence-electron chi connectivity index (χ1n) is 11.5. The number of benzene rings is 3. The van der Waals surface area contributed by atoms with E-state index in [2.05, 4.69) is 88.4 Å². The predicted octanol–water partition coefficient (Wildman–Crippen LogP) is 5.22. The number of carbonyl (C=O) groups is 1. The third-order valence-electron chi connectivity index (χ3n) is 6.30. The van der Waals surface area contributed by atoms with Crippen LogP contribution >= 0.6 is 0 Å². The van der Waals surface area contributed by atoms with E-state index in [-0.39, 0.29) is 17.9 Å². The van der Waals surface area contributed by atoms with Gasteiger partial charge in [0.1, 0.15) is 0 Å². The maximum atomic E-state index is 12.6. The summed E-state index contributed by atoms with van der Waals surface area (Å²) in [4.78, 5) is 16.2. The van der Waals surface area contributed by atoms with Crippen LogP contribution in [0.2, 0.25) is 0 Å². The van der Waals surface area contributed by atoms with Crippen molar-refractivity contribution < 1.29 is 4.79 Å². The first-order valence-corrected chi connectivity index (χ1v) is 11.5. The third kappa shape index (κ3) is 4.32. The molecule has 3 N–H and O–H groups in total. The monoisotopic (exact) mass is 423 g/mol. The molecule has 0 radical (unpaired) electrons. The second-order valence-electron chi connectivity index (χ2n) is 8.70. The topological polar surface area (TPSA) is 56.9 Å². The zero-order valence-corrected chi connectivity index (χ0v) is 18.3. The average molecular weight is 424 g/mol. The summed E-state index contributed by atoms with van der Waals surface area (Å²) in [6, 6.07) is 29.7. The fourth-order valence-corrected chi connectivity index (χ4v) is 4.37. The van der Waals surface area contributed by atoms with Gasteiger partial charge in [-0.15, -0.1) is 0 Å². The SMILES string of the molecule is C[C@@H](NC[C@H](c1ccccc1)c1c(-c2ccccc2)[nH]c2ccccc12)C(=O)NC1CC1. The van der Waals surface area contributed by atoms with E-state index in [1.54, 1.807) is 0 Å². The van der Waals surface area contributed by atoms with E-state index >= 15 is 0 Å². The number of amides is 1. The summed E-state index contributed by atoms with van der Waals surface area (Å²) in [6.45, 7) is 2.62. The Balaban J connectivity index is 1.55. The number of aromatic nitrogens is 1.